The van der Waals surface area contributed by atoms with Gasteiger partial charge in [-0.05, 0) is 0 Å². The van der Waals surface area contributed by atoms with E-state index < -0.39 is 5.97 Å². The number of aromatic carboxylic acids is 1. The molecule has 1 rings (SSSR count). The first kappa shape index (κ1) is 8.69. The molecule has 2 radical (unpaired) electrons. The summed E-state index contributed by atoms with van der Waals surface area (Å²) in [6.45, 7) is 0. The summed E-state index contributed by atoms with van der Waals surface area (Å²) in [5, 5.41) is 8.69. The molecule has 0 fully saturated rings. The monoisotopic (exact) mass is 228 g/mol. The summed E-state index contributed by atoms with van der Waals surface area (Å²) in [6.07, 6.45) is 0. The Morgan fingerprint density at radius 1 is 1.55 bits per heavy atom. The van der Waals surface area contributed by atoms with Crippen molar-refractivity contribution in [2.45, 2.75) is 4.90 Å². The van der Waals surface area contributed by atoms with Crippen LogP contribution in [0.5, 0.6) is 0 Å². The third-order valence-electron chi connectivity index (χ3n) is 1.23. The number of benzene rings is 1. The molecule has 0 saturated heterocycles. The summed E-state index contributed by atoms with van der Waals surface area (Å²) in [6, 6.07) is 5.15. The van der Waals surface area contributed by atoms with Crippen molar-refractivity contribution in [3.63, 3.8) is 0 Å². The molecule has 0 spiro atoms. The van der Waals surface area contributed by atoms with Crippen LogP contribution >= 0.6 is 12.6 Å². The van der Waals surface area contributed by atoms with E-state index in [1.807, 2.05) is 0 Å². The predicted molar refractivity (Wildman–Crippen MR) is 46.0 cm³/mol. The summed E-state index contributed by atoms with van der Waals surface area (Å²) < 4.78 is 0.678. The second-order valence-corrected chi connectivity index (χ2v) is 3.47. The van der Waals surface area contributed by atoms with Gasteiger partial charge < -0.3 is 0 Å². The van der Waals surface area contributed by atoms with Gasteiger partial charge in [-0.1, -0.05) is 0 Å². The van der Waals surface area contributed by atoms with Gasteiger partial charge in [0.25, 0.3) is 0 Å². The van der Waals surface area contributed by atoms with Crippen molar-refractivity contribution in [3.05, 3.63) is 23.8 Å². The fraction of sp³-hybridized carbons (Fsp3) is 0. The first-order chi connectivity index (χ1) is 5.13. The molecular weight excluding hydrogens is 223 g/mol. The van der Waals surface area contributed by atoms with Gasteiger partial charge in [-0.3, -0.25) is 0 Å². The van der Waals surface area contributed by atoms with E-state index in [1.54, 1.807) is 18.2 Å². The normalized spacial score (nSPS) is 9.64. The second-order valence-electron chi connectivity index (χ2n) is 1.98. The van der Waals surface area contributed by atoms with E-state index in [0.717, 1.165) is 0 Å². The molecule has 0 atom stereocenters. The zero-order valence-electron chi connectivity index (χ0n) is 5.48. The summed E-state index contributed by atoms with van der Waals surface area (Å²) in [4.78, 5) is 11.1. The van der Waals surface area contributed by atoms with Gasteiger partial charge in [0.05, 0.1) is 0 Å². The van der Waals surface area contributed by atoms with E-state index in [4.69, 9.17) is 5.11 Å². The molecular formula is C7H5AsO2S. The van der Waals surface area contributed by atoms with Gasteiger partial charge in [0, 0.05) is 0 Å². The van der Waals surface area contributed by atoms with Crippen LogP contribution in [0.25, 0.3) is 0 Å². The van der Waals surface area contributed by atoms with Gasteiger partial charge >= 0.3 is 78.4 Å². The quantitative estimate of drug-likeness (QED) is 0.541. The molecule has 11 heavy (non-hydrogen) atoms. The molecule has 0 unspecified atom stereocenters. The fourth-order valence-corrected chi connectivity index (χ4v) is 1.88. The molecule has 1 aromatic rings. The number of carboxylic acid groups (broad SMARTS) is 1. The van der Waals surface area contributed by atoms with Crippen LogP contribution in [0.3, 0.4) is 0 Å². The van der Waals surface area contributed by atoms with Crippen molar-refractivity contribution >= 4 is 39.8 Å². The number of carbonyl (C=O) groups is 1. The van der Waals surface area contributed by atoms with E-state index in [-0.39, 0.29) is 5.56 Å². The molecule has 2 nitrogen and oxygen atoms in total. The maximum atomic E-state index is 10.6. The van der Waals surface area contributed by atoms with Crippen LogP contribution in [0.2, 0.25) is 0 Å². The van der Waals surface area contributed by atoms with Gasteiger partial charge in [0.15, 0.2) is 0 Å². The van der Waals surface area contributed by atoms with Crippen molar-refractivity contribution in [1.82, 2.24) is 0 Å². The Morgan fingerprint density at radius 3 is 2.55 bits per heavy atom. The molecule has 1 aromatic carbocycles. The van der Waals surface area contributed by atoms with Gasteiger partial charge in [-0.15, -0.1) is 0 Å². The molecule has 1 N–H and O–H groups in total. The number of hydrogen-bond acceptors (Lipinski definition) is 2. The van der Waals surface area contributed by atoms with Gasteiger partial charge in [-0.25, -0.2) is 0 Å². The van der Waals surface area contributed by atoms with Gasteiger partial charge in [0.1, 0.15) is 0 Å². The van der Waals surface area contributed by atoms with Crippen LogP contribution < -0.4 is 4.35 Å². The zero-order chi connectivity index (χ0) is 8.43. The first-order valence-corrected chi connectivity index (χ1v) is 4.25. The molecule has 0 aliphatic heterocycles. The fourth-order valence-electron chi connectivity index (χ4n) is 0.747. The van der Waals surface area contributed by atoms with Crippen molar-refractivity contribution in [2.24, 2.45) is 0 Å². The Kier molecular flexibility index (Phi) is 2.63. The van der Waals surface area contributed by atoms with E-state index in [9.17, 15) is 4.79 Å². The molecule has 0 bridgehead atoms. The summed E-state index contributed by atoms with van der Waals surface area (Å²) >= 11 is 6.22. The Balaban J connectivity index is 3.32. The molecule has 0 aliphatic rings. The summed E-state index contributed by atoms with van der Waals surface area (Å²) in [5.74, 6) is -0.939. The average Bonchev–Trinajstić information content (AvgIpc) is 1.85. The van der Waals surface area contributed by atoms with E-state index in [2.05, 4.69) is 29.5 Å². The second kappa shape index (κ2) is 3.33. The van der Waals surface area contributed by atoms with Crippen LogP contribution in [0.1, 0.15) is 10.4 Å². The Morgan fingerprint density at radius 2 is 2.18 bits per heavy atom. The molecule has 0 aliphatic carbocycles. The third-order valence-corrected chi connectivity index (χ3v) is 2.39. The minimum absolute atomic E-state index is 0.260. The molecule has 56 valence electrons. The Bertz CT molecular complexity index is 278. The summed E-state index contributed by atoms with van der Waals surface area (Å²) in [5.41, 5.74) is 0.260. The van der Waals surface area contributed by atoms with Crippen LogP contribution in [0.4, 0.5) is 0 Å². The van der Waals surface area contributed by atoms with Crippen LogP contribution in [0.15, 0.2) is 23.1 Å². The predicted octanol–water partition coefficient (Wildman–Crippen LogP) is 0.467. The van der Waals surface area contributed by atoms with Crippen LogP contribution in [0, 0.1) is 0 Å². The topological polar surface area (TPSA) is 37.3 Å². The van der Waals surface area contributed by atoms with Gasteiger partial charge in [0.2, 0.25) is 0 Å². The van der Waals surface area contributed by atoms with Crippen molar-refractivity contribution in [1.29, 1.82) is 0 Å². The first-order valence-electron chi connectivity index (χ1n) is 2.87. The van der Waals surface area contributed by atoms with Crippen molar-refractivity contribution in [3.8, 4) is 0 Å². The molecule has 0 saturated carbocycles. The number of carboxylic acids is 1. The van der Waals surface area contributed by atoms with E-state index in [1.165, 1.54) is 0 Å². The minimum atomic E-state index is -0.939. The third kappa shape index (κ3) is 1.79. The maximum absolute atomic E-state index is 10.6. The van der Waals surface area contributed by atoms with Crippen LogP contribution in [-0.4, -0.2) is 27.9 Å². The van der Waals surface area contributed by atoms with Crippen molar-refractivity contribution < 1.29 is 9.90 Å². The molecule has 0 amide bonds. The van der Waals surface area contributed by atoms with Crippen molar-refractivity contribution in [2.75, 3.05) is 0 Å². The standard InChI is InChI=1S/C7H5AsO2S/c8-4-2-1-3-5(11)6(4)7(9)10/h1-3,11H,(H,9,10). The van der Waals surface area contributed by atoms with Crippen LogP contribution in [-0.2, 0) is 0 Å². The summed E-state index contributed by atoms with van der Waals surface area (Å²) in [7, 11) is 0. The Hall–Kier alpha value is -0.402. The average molecular weight is 228 g/mol. The van der Waals surface area contributed by atoms with E-state index in [0.29, 0.717) is 9.25 Å². The number of thiol groups is 1. The molecule has 0 heterocycles. The van der Waals surface area contributed by atoms with E-state index >= 15 is 0 Å². The van der Waals surface area contributed by atoms with Gasteiger partial charge in [-0.2, -0.15) is 0 Å². The SMILES string of the molecule is O=C(O)c1c(S)cccc1[As]. The molecule has 4 heteroatoms. The Labute approximate surface area is 78.5 Å². The zero-order valence-corrected chi connectivity index (χ0v) is 8.25. The molecule has 0 aromatic heterocycles. The number of rotatable bonds is 1. The number of hydrogen-bond donors (Lipinski definition) is 2.